The van der Waals surface area contributed by atoms with Crippen LogP contribution in [0.25, 0.3) is 0 Å². The van der Waals surface area contributed by atoms with Crippen LogP contribution in [0.2, 0.25) is 0 Å². The molecule has 18 heavy (non-hydrogen) atoms. The van der Waals surface area contributed by atoms with Crippen LogP contribution < -0.4 is 10.5 Å². The third-order valence-electron chi connectivity index (χ3n) is 3.85. The molecule has 5 heteroatoms. The van der Waals surface area contributed by atoms with Crippen LogP contribution in [0.15, 0.2) is 6.20 Å². The molecular weight excluding hydrogens is 228 g/mol. The van der Waals surface area contributed by atoms with Crippen LogP contribution in [0.4, 0.5) is 0 Å². The van der Waals surface area contributed by atoms with E-state index in [-0.39, 0.29) is 5.41 Å². The Morgan fingerprint density at radius 1 is 1.33 bits per heavy atom. The summed E-state index contributed by atoms with van der Waals surface area (Å²) < 4.78 is 7.94. The Hall–Kier alpha value is -1.07. The zero-order valence-corrected chi connectivity index (χ0v) is 11.4. The lowest BCUT2D eigenvalue weighted by Crippen LogP contribution is -2.62. The summed E-state index contributed by atoms with van der Waals surface area (Å²) in [6.07, 6.45) is 1.94. The highest BCUT2D eigenvalue weighted by Crippen LogP contribution is 2.33. The fourth-order valence-electron chi connectivity index (χ4n) is 2.67. The van der Waals surface area contributed by atoms with E-state index in [4.69, 9.17) is 10.5 Å². The molecule has 2 N–H and O–H groups in total. The first-order valence-electron chi connectivity index (χ1n) is 6.64. The number of hydrogen-bond donors (Lipinski definition) is 1. The maximum absolute atomic E-state index is 5.94. The molecule has 100 valence electrons. The van der Waals surface area contributed by atoms with E-state index in [2.05, 4.69) is 30.8 Å². The standard InChI is InChI=1S/C13H22N4O/c1-13(2,3)11-4-15-17-7-10(8-18-12(11)17)16-5-9(14)6-16/h4,9-10H,5-8,14H2,1-3H3. The lowest BCUT2D eigenvalue weighted by molar-refractivity contribution is 0.0295. The summed E-state index contributed by atoms with van der Waals surface area (Å²) in [7, 11) is 0. The highest BCUT2D eigenvalue weighted by Gasteiger charge is 2.35. The number of nitrogens with zero attached hydrogens (tertiary/aromatic N) is 3. The van der Waals surface area contributed by atoms with E-state index in [1.54, 1.807) is 0 Å². The highest BCUT2D eigenvalue weighted by atomic mass is 16.5. The Kier molecular flexibility index (Phi) is 2.64. The van der Waals surface area contributed by atoms with Crippen molar-refractivity contribution in [2.24, 2.45) is 5.73 Å². The first kappa shape index (κ1) is 12.0. The maximum Gasteiger partial charge on any atom is 0.215 e. The number of likely N-dealkylation sites (tertiary alicyclic amines) is 1. The van der Waals surface area contributed by atoms with Crippen molar-refractivity contribution in [1.82, 2.24) is 14.7 Å². The van der Waals surface area contributed by atoms with Gasteiger partial charge in [0.15, 0.2) is 0 Å². The lowest BCUT2D eigenvalue weighted by atomic mass is 9.89. The molecule has 0 amide bonds. The topological polar surface area (TPSA) is 56.3 Å². The predicted octanol–water partition coefficient (Wildman–Crippen LogP) is 0.584. The number of aromatic nitrogens is 2. The SMILES string of the molecule is CC(C)(C)c1cnn2c1OCC(N1CC(N)C1)C2. The molecule has 1 aromatic rings. The smallest absolute Gasteiger partial charge is 0.215 e. The van der Waals surface area contributed by atoms with Gasteiger partial charge >= 0.3 is 0 Å². The molecule has 0 bridgehead atoms. The van der Waals surface area contributed by atoms with Crippen molar-refractivity contribution < 1.29 is 4.74 Å². The van der Waals surface area contributed by atoms with Gasteiger partial charge in [-0.1, -0.05) is 20.8 Å². The molecule has 2 aliphatic heterocycles. The molecule has 1 aromatic heterocycles. The molecule has 3 heterocycles. The minimum Gasteiger partial charge on any atom is -0.476 e. The average Bonchev–Trinajstić information content (AvgIpc) is 2.66. The number of fused-ring (bicyclic) bond motifs is 1. The molecule has 1 atom stereocenters. The minimum atomic E-state index is 0.0829. The van der Waals surface area contributed by atoms with E-state index in [1.807, 2.05) is 10.9 Å². The fraction of sp³-hybridized carbons (Fsp3) is 0.769. The second kappa shape index (κ2) is 3.96. The van der Waals surface area contributed by atoms with Gasteiger partial charge in [-0.15, -0.1) is 0 Å². The quantitative estimate of drug-likeness (QED) is 0.792. The van der Waals surface area contributed by atoms with E-state index >= 15 is 0 Å². The molecule has 0 radical (unpaired) electrons. The number of hydrogen-bond acceptors (Lipinski definition) is 4. The zero-order chi connectivity index (χ0) is 12.9. The summed E-state index contributed by atoms with van der Waals surface area (Å²) in [6.45, 7) is 10.2. The normalized spacial score (nSPS) is 25.4. The number of rotatable bonds is 1. The summed E-state index contributed by atoms with van der Waals surface area (Å²) in [5, 5.41) is 4.47. The molecule has 3 rings (SSSR count). The van der Waals surface area contributed by atoms with Crippen molar-refractivity contribution in [3.05, 3.63) is 11.8 Å². The van der Waals surface area contributed by atoms with Crippen LogP contribution >= 0.6 is 0 Å². The van der Waals surface area contributed by atoms with E-state index < -0.39 is 0 Å². The Balaban J connectivity index is 1.76. The first-order valence-corrected chi connectivity index (χ1v) is 6.64. The second-order valence-corrected chi connectivity index (χ2v) is 6.47. The largest absolute Gasteiger partial charge is 0.476 e. The van der Waals surface area contributed by atoms with Crippen molar-refractivity contribution in [1.29, 1.82) is 0 Å². The summed E-state index contributed by atoms with van der Waals surface area (Å²) in [6, 6.07) is 0.763. The lowest BCUT2D eigenvalue weighted by Gasteiger charge is -2.43. The highest BCUT2D eigenvalue weighted by molar-refractivity contribution is 5.32. The number of nitrogens with two attached hydrogens (primary N) is 1. The van der Waals surface area contributed by atoms with Crippen LogP contribution in [0, 0.1) is 0 Å². The monoisotopic (exact) mass is 250 g/mol. The van der Waals surface area contributed by atoms with Crippen molar-refractivity contribution in [3.63, 3.8) is 0 Å². The summed E-state index contributed by atoms with van der Waals surface area (Å²) in [5.74, 6) is 0.948. The molecule has 1 fully saturated rings. The Bertz CT molecular complexity index is 442. The van der Waals surface area contributed by atoms with Crippen LogP contribution in [-0.2, 0) is 12.0 Å². The Morgan fingerprint density at radius 2 is 2.06 bits per heavy atom. The van der Waals surface area contributed by atoms with E-state index in [0.29, 0.717) is 12.1 Å². The summed E-state index contributed by atoms with van der Waals surface area (Å²) >= 11 is 0. The van der Waals surface area contributed by atoms with Gasteiger partial charge in [0.05, 0.1) is 18.8 Å². The molecule has 1 unspecified atom stereocenters. The Morgan fingerprint density at radius 3 is 2.67 bits per heavy atom. The molecule has 2 aliphatic rings. The van der Waals surface area contributed by atoms with Crippen LogP contribution in [-0.4, -0.2) is 46.5 Å². The van der Waals surface area contributed by atoms with Crippen LogP contribution in [0.1, 0.15) is 26.3 Å². The average molecular weight is 250 g/mol. The third kappa shape index (κ3) is 1.91. The van der Waals surface area contributed by atoms with Crippen LogP contribution in [0.5, 0.6) is 5.88 Å². The summed E-state index contributed by atoms with van der Waals surface area (Å²) in [5.41, 5.74) is 7.10. The molecule has 0 spiro atoms. The van der Waals surface area contributed by atoms with Crippen molar-refractivity contribution >= 4 is 0 Å². The second-order valence-electron chi connectivity index (χ2n) is 6.47. The molecule has 0 saturated carbocycles. The maximum atomic E-state index is 5.94. The van der Waals surface area contributed by atoms with Gasteiger partial charge in [-0.3, -0.25) is 4.90 Å². The van der Waals surface area contributed by atoms with E-state index in [1.165, 1.54) is 5.56 Å². The third-order valence-corrected chi connectivity index (χ3v) is 3.85. The molecule has 5 nitrogen and oxygen atoms in total. The van der Waals surface area contributed by atoms with Gasteiger partial charge in [0.2, 0.25) is 5.88 Å². The molecule has 1 saturated heterocycles. The van der Waals surface area contributed by atoms with Gasteiger partial charge in [-0.25, -0.2) is 4.68 Å². The van der Waals surface area contributed by atoms with E-state index in [0.717, 1.165) is 32.1 Å². The van der Waals surface area contributed by atoms with Crippen molar-refractivity contribution in [3.8, 4) is 5.88 Å². The molecule has 0 aliphatic carbocycles. The molecular formula is C13H22N4O. The van der Waals surface area contributed by atoms with E-state index in [9.17, 15) is 0 Å². The van der Waals surface area contributed by atoms with Gasteiger partial charge in [0.1, 0.15) is 6.61 Å². The first-order chi connectivity index (χ1) is 8.45. The predicted molar refractivity (Wildman–Crippen MR) is 69.8 cm³/mol. The Labute approximate surface area is 108 Å². The summed E-state index contributed by atoms with van der Waals surface area (Å²) in [4.78, 5) is 2.38. The van der Waals surface area contributed by atoms with Gasteiger partial charge in [0.25, 0.3) is 0 Å². The minimum absolute atomic E-state index is 0.0829. The van der Waals surface area contributed by atoms with Crippen molar-refractivity contribution in [2.75, 3.05) is 19.7 Å². The number of ether oxygens (including phenoxy) is 1. The zero-order valence-electron chi connectivity index (χ0n) is 11.4. The van der Waals surface area contributed by atoms with Crippen LogP contribution in [0.3, 0.4) is 0 Å². The van der Waals surface area contributed by atoms with Gasteiger partial charge in [0, 0.05) is 24.7 Å². The fourth-order valence-corrected chi connectivity index (χ4v) is 2.67. The van der Waals surface area contributed by atoms with Gasteiger partial charge in [-0.2, -0.15) is 5.10 Å². The van der Waals surface area contributed by atoms with Gasteiger partial charge < -0.3 is 10.5 Å². The van der Waals surface area contributed by atoms with Gasteiger partial charge in [-0.05, 0) is 5.41 Å². The molecule has 0 aromatic carbocycles. The van der Waals surface area contributed by atoms with Crippen molar-refractivity contribution in [2.45, 2.75) is 44.8 Å².